The van der Waals surface area contributed by atoms with Gasteiger partial charge in [-0.25, -0.2) is 0 Å². The number of hydrogen-bond acceptors (Lipinski definition) is 1. The van der Waals surface area contributed by atoms with Gasteiger partial charge in [-0.15, -0.1) is 0 Å². The maximum absolute atomic E-state index is 10.8. The summed E-state index contributed by atoms with van der Waals surface area (Å²) in [5, 5.41) is 8.93. The Labute approximate surface area is 183 Å². The second-order valence-corrected chi connectivity index (χ2v) is 10.6. The molecule has 29 heavy (non-hydrogen) atoms. The average molecular weight is 411 g/mol. The van der Waals surface area contributed by atoms with Crippen molar-refractivity contribution in [3.8, 4) is 0 Å². The smallest absolute Gasteiger partial charge is 0.303 e. The molecule has 2 heteroatoms. The molecule has 0 aliphatic rings. The van der Waals surface area contributed by atoms with Crippen LogP contribution < -0.4 is 0 Å². The molecular weight excluding hydrogens is 356 g/mol. The number of hydrogen-bond donors (Lipinski definition) is 1. The van der Waals surface area contributed by atoms with Crippen molar-refractivity contribution >= 4 is 5.97 Å². The van der Waals surface area contributed by atoms with Crippen molar-refractivity contribution in [2.45, 2.75) is 156 Å². The average Bonchev–Trinajstić information content (AvgIpc) is 2.64. The van der Waals surface area contributed by atoms with Crippen molar-refractivity contribution in [1.82, 2.24) is 0 Å². The fourth-order valence-corrected chi connectivity index (χ4v) is 4.34. The van der Waals surface area contributed by atoms with E-state index in [-0.39, 0.29) is 0 Å². The molecule has 1 atom stereocenters. The van der Waals surface area contributed by atoms with Gasteiger partial charge in [0.15, 0.2) is 0 Å². The highest BCUT2D eigenvalue weighted by molar-refractivity contribution is 5.66. The topological polar surface area (TPSA) is 37.3 Å². The maximum atomic E-state index is 10.8. The van der Waals surface area contributed by atoms with Crippen LogP contribution >= 0.6 is 0 Å². The first-order valence-electron chi connectivity index (χ1n) is 13.1. The fraction of sp³-hybridized carbons (Fsp3) is 0.963. The number of carboxylic acid groups (broad SMARTS) is 1. The van der Waals surface area contributed by atoms with E-state index in [1.165, 1.54) is 109 Å². The SMILES string of the molecule is CCCCCCCCCCCCCC(CCCCCC(C)(C)C)CCCC(=O)O. The Morgan fingerprint density at radius 2 is 1.07 bits per heavy atom. The highest BCUT2D eigenvalue weighted by Gasteiger charge is 2.12. The zero-order chi connectivity index (χ0) is 21.8. The summed E-state index contributed by atoms with van der Waals surface area (Å²) in [4.78, 5) is 10.8. The molecule has 0 heterocycles. The van der Waals surface area contributed by atoms with E-state index >= 15 is 0 Å². The molecule has 0 aliphatic heterocycles. The standard InChI is InChI=1S/C27H54O2/c1-5-6-7-8-9-10-11-12-13-14-16-20-25(22-19-23-26(28)29)21-17-15-18-24-27(2,3)4/h25H,5-24H2,1-4H3,(H,28,29). The van der Waals surface area contributed by atoms with Gasteiger partial charge in [-0.05, 0) is 30.6 Å². The molecule has 0 spiro atoms. The van der Waals surface area contributed by atoms with Gasteiger partial charge in [0.05, 0.1) is 0 Å². The van der Waals surface area contributed by atoms with Gasteiger partial charge in [0, 0.05) is 6.42 Å². The van der Waals surface area contributed by atoms with E-state index in [0.29, 0.717) is 11.8 Å². The highest BCUT2D eigenvalue weighted by Crippen LogP contribution is 2.26. The Hall–Kier alpha value is -0.530. The predicted octanol–water partition coefficient (Wildman–Crippen LogP) is 9.56. The van der Waals surface area contributed by atoms with Crippen LogP contribution in [0.3, 0.4) is 0 Å². The summed E-state index contributed by atoms with van der Waals surface area (Å²) >= 11 is 0. The fourth-order valence-electron chi connectivity index (χ4n) is 4.34. The van der Waals surface area contributed by atoms with Crippen LogP contribution in [0.5, 0.6) is 0 Å². The van der Waals surface area contributed by atoms with Crippen LogP contribution in [-0.2, 0) is 4.79 Å². The minimum absolute atomic E-state index is 0.346. The largest absolute Gasteiger partial charge is 0.481 e. The van der Waals surface area contributed by atoms with Crippen molar-refractivity contribution in [3.63, 3.8) is 0 Å². The Morgan fingerprint density at radius 3 is 1.52 bits per heavy atom. The maximum Gasteiger partial charge on any atom is 0.303 e. The monoisotopic (exact) mass is 410 g/mol. The minimum Gasteiger partial charge on any atom is -0.481 e. The summed E-state index contributed by atoms with van der Waals surface area (Å²) in [6.07, 6.45) is 25.7. The minimum atomic E-state index is -0.636. The van der Waals surface area contributed by atoms with Crippen molar-refractivity contribution in [3.05, 3.63) is 0 Å². The van der Waals surface area contributed by atoms with Gasteiger partial charge >= 0.3 is 5.97 Å². The first kappa shape index (κ1) is 28.5. The van der Waals surface area contributed by atoms with Crippen LogP contribution in [0.1, 0.15) is 156 Å². The van der Waals surface area contributed by atoms with Crippen LogP contribution in [0.25, 0.3) is 0 Å². The van der Waals surface area contributed by atoms with Crippen molar-refractivity contribution in [2.24, 2.45) is 11.3 Å². The van der Waals surface area contributed by atoms with Crippen molar-refractivity contribution in [1.29, 1.82) is 0 Å². The Balaban J connectivity index is 3.78. The quantitative estimate of drug-likeness (QED) is 0.191. The van der Waals surface area contributed by atoms with E-state index in [1.807, 2.05) is 0 Å². The van der Waals surface area contributed by atoms with Gasteiger partial charge in [0.25, 0.3) is 0 Å². The first-order valence-corrected chi connectivity index (χ1v) is 13.1. The molecular formula is C27H54O2. The second kappa shape index (κ2) is 19.4. The van der Waals surface area contributed by atoms with E-state index in [0.717, 1.165) is 18.8 Å². The number of aliphatic carboxylic acids is 1. The lowest BCUT2D eigenvalue weighted by atomic mass is 9.87. The van der Waals surface area contributed by atoms with E-state index in [4.69, 9.17) is 5.11 Å². The van der Waals surface area contributed by atoms with E-state index < -0.39 is 5.97 Å². The van der Waals surface area contributed by atoms with Crippen LogP contribution in [-0.4, -0.2) is 11.1 Å². The summed E-state index contributed by atoms with van der Waals surface area (Å²) < 4.78 is 0. The number of carboxylic acids is 1. The Bertz CT molecular complexity index is 356. The van der Waals surface area contributed by atoms with Gasteiger partial charge < -0.3 is 5.11 Å². The lowest BCUT2D eigenvalue weighted by molar-refractivity contribution is -0.137. The van der Waals surface area contributed by atoms with E-state index in [9.17, 15) is 4.79 Å². The number of rotatable bonds is 21. The summed E-state index contributed by atoms with van der Waals surface area (Å²) in [6.45, 7) is 9.26. The first-order chi connectivity index (χ1) is 13.8. The van der Waals surface area contributed by atoms with Gasteiger partial charge in [0.2, 0.25) is 0 Å². The van der Waals surface area contributed by atoms with Crippen LogP contribution in [0, 0.1) is 11.3 Å². The third-order valence-electron chi connectivity index (χ3n) is 6.26. The Morgan fingerprint density at radius 1 is 0.655 bits per heavy atom. The zero-order valence-corrected chi connectivity index (χ0v) is 20.6. The Kier molecular flexibility index (Phi) is 19.1. The summed E-state index contributed by atoms with van der Waals surface area (Å²) in [6, 6.07) is 0. The molecule has 0 aliphatic carbocycles. The van der Waals surface area contributed by atoms with Gasteiger partial charge in [-0.1, -0.05) is 130 Å². The second-order valence-electron chi connectivity index (χ2n) is 10.6. The summed E-state index contributed by atoms with van der Waals surface area (Å²) in [5.74, 6) is 0.117. The number of unbranched alkanes of at least 4 members (excludes halogenated alkanes) is 12. The third-order valence-corrected chi connectivity index (χ3v) is 6.26. The van der Waals surface area contributed by atoms with Crippen molar-refractivity contribution < 1.29 is 9.90 Å². The molecule has 0 rings (SSSR count). The van der Waals surface area contributed by atoms with Crippen LogP contribution in [0.4, 0.5) is 0 Å². The van der Waals surface area contributed by atoms with Crippen LogP contribution in [0.15, 0.2) is 0 Å². The molecule has 1 N–H and O–H groups in total. The lowest BCUT2D eigenvalue weighted by Gasteiger charge is -2.19. The summed E-state index contributed by atoms with van der Waals surface area (Å²) in [7, 11) is 0. The lowest BCUT2D eigenvalue weighted by Crippen LogP contribution is -2.05. The molecule has 2 nitrogen and oxygen atoms in total. The predicted molar refractivity (Wildman–Crippen MR) is 129 cm³/mol. The number of carbonyl (C=O) groups is 1. The molecule has 1 unspecified atom stereocenters. The molecule has 0 aromatic carbocycles. The normalized spacial score (nSPS) is 13.0. The van der Waals surface area contributed by atoms with Crippen molar-refractivity contribution in [2.75, 3.05) is 0 Å². The van der Waals surface area contributed by atoms with E-state index in [1.54, 1.807) is 0 Å². The van der Waals surface area contributed by atoms with Crippen LogP contribution in [0.2, 0.25) is 0 Å². The van der Waals surface area contributed by atoms with Gasteiger partial charge in [-0.2, -0.15) is 0 Å². The molecule has 0 fully saturated rings. The summed E-state index contributed by atoms with van der Waals surface area (Å²) in [5.41, 5.74) is 0.455. The molecule has 0 bridgehead atoms. The van der Waals surface area contributed by atoms with E-state index in [2.05, 4.69) is 27.7 Å². The zero-order valence-electron chi connectivity index (χ0n) is 20.6. The molecule has 0 aromatic rings. The molecule has 174 valence electrons. The molecule has 0 saturated carbocycles. The third kappa shape index (κ3) is 23.6. The van der Waals surface area contributed by atoms with Gasteiger partial charge in [0.1, 0.15) is 0 Å². The molecule has 0 radical (unpaired) electrons. The highest BCUT2D eigenvalue weighted by atomic mass is 16.4. The van der Waals surface area contributed by atoms with Gasteiger partial charge in [-0.3, -0.25) is 4.79 Å². The molecule has 0 amide bonds. The molecule has 0 aromatic heterocycles. The molecule has 0 saturated heterocycles.